The van der Waals surface area contributed by atoms with Crippen LogP contribution in [0.1, 0.15) is 26.0 Å². The zero-order valence-corrected chi connectivity index (χ0v) is 12.9. The summed E-state index contributed by atoms with van der Waals surface area (Å²) in [5, 5.41) is 3.50. The van der Waals surface area contributed by atoms with Gasteiger partial charge in [-0.05, 0) is 32.0 Å². The SMILES string of the molecule is CCCNCc1c(N2CCOC(C)C2)nc2ccccn12. The summed E-state index contributed by atoms with van der Waals surface area (Å²) in [7, 11) is 0. The van der Waals surface area contributed by atoms with E-state index < -0.39 is 0 Å². The van der Waals surface area contributed by atoms with Crippen LogP contribution in [-0.2, 0) is 11.3 Å². The highest BCUT2D eigenvalue weighted by molar-refractivity contribution is 5.56. The van der Waals surface area contributed by atoms with Gasteiger partial charge in [0.15, 0.2) is 5.82 Å². The minimum Gasteiger partial charge on any atom is -0.375 e. The normalized spacial score (nSPS) is 19.3. The summed E-state index contributed by atoms with van der Waals surface area (Å²) in [6.45, 7) is 8.78. The van der Waals surface area contributed by atoms with Gasteiger partial charge in [-0.3, -0.25) is 0 Å². The summed E-state index contributed by atoms with van der Waals surface area (Å²) in [6, 6.07) is 6.16. The molecule has 0 amide bonds. The minimum atomic E-state index is 0.264. The lowest BCUT2D eigenvalue weighted by Gasteiger charge is -2.32. The molecule has 2 aromatic rings. The lowest BCUT2D eigenvalue weighted by Crippen LogP contribution is -2.42. The van der Waals surface area contributed by atoms with Crippen molar-refractivity contribution in [1.82, 2.24) is 14.7 Å². The molecule has 1 aliphatic heterocycles. The maximum Gasteiger partial charge on any atom is 0.152 e. The van der Waals surface area contributed by atoms with Crippen LogP contribution >= 0.6 is 0 Å². The molecule has 1 saturated heterocycles. The average molecular weight is 288 g/mol. The van der Waals surface area contributed by atoms with E-state index in [-0.39, 0.29) is 6.10 Å². The first-order valence-corrected chi connectivity index (χ1v) is 7.83. The van der Waals surface area contributed by atoms with Gasteiger partial charge >= 0.3 is 0 Å². The topological polar surface area (TPSA) is 41.8 Å². The van der Waals surface area contributed by atoms with Crippen LogP contribution in [0.15, 0.2) is 24.4 Å². The summed E-state index contributed by atoms with van der Waals surface area (Å²) in [5.74, 6) is 1.10. The molecule has 0 aromatic carbocycles. The van der Waals surface area contributed by atoms with Crippen LogP contribution in [0.4, 0.5) is 5.82 Å². The Morgan fingerprint density at radius 1 is 1.43 bits per heavy atom. The van der Waals surface area contributed by atoms with Crippen LogP contribution in [0.2, 0.25) is 0 Å². The fourth-order valence-electron chi connectivity index (χ4n) is 2.85. The number of fused-ring (bicyclic) bond motifs is 1. The molecule has 2 aromatic heterocycles. The number of aromatic nitrogens is 2. The highest BCUT2D eigenvalue weighted by Gasteiger charge is 2.22. The first kappa shape index (κ1) is 14.4. The van der Waals surface area contributed by atoms with Crippen LogP contribution in [-0.4, -0.2) is 41.7 Å². The van der Waals surface area contributed by atoms with Gasteiger partial charge in [0, 0.05) is 25.8 Å². The molecule has 5 heteroatoms. The Bertz CT molecular complexity index is 595. The van der Waals surface area contributed by atoms with Crippen molar-refractivity contribution in [3.63, 3.8) is 0 Å². The van der Waals surface area contributed by atoms with E-state index in [1.165, 1.54) is 5.69 Å². The Labute approximate surface area is 125 Å². The number of hydrogen-bond acceptors (Lipinski definition) is 4. The molecule has 0 saturated carbocycles. The predicted octanol–water partition coefficient (Wildman–Crippen LogP) is 2.06. The van der Waals surface area contributed by atoms with E-state index in [1.54, 1.807) is 0 Å². The molecule has 0 aliphatic carbocycles. The second kappa shape index (κ2) is 6.45. The van der Waals surface area contributed by atoms with Crippen LogP contribution in [0.3, 0.4) is 0 Å². The number of nitrogens with zero attached hydrogens (tertiary/aromatic N) is 3. The van der Waals surface area contributed by atoms with E-state index in [2.05, 4.69) is 46.8 Å². The van der Waals surface area contributed by atoms with Crippen LogP contribution in [0, 0.1) is 0 Å². The number of anilines is 1. The molecule has 3 heterocycles. The number of rotatable bonds is 5. The monoisotopic (exact) mass is 288 g/mol. The molecule has 114 valence electrons. The predicted molar refractivity (Wildman–Crippen MR) is 84.8 cm³/mol. The number of ether oxygens (including phenoxy) is 1. The highest BCUT2D eigenvalue weighted by Crippen LogP contribution is 2.23. The second-order valence-electron chi connectivity index (χ2n) is 5.62. The minimum absolute atomic E-state index is 0.264. The molecule has 3 rings (SSSR count). The largest absolute Gasteiger partial charge is 0.375 e. The molecule has 0 spiro atoms. The Kier molecular flexibility index (Phi) is 4.41. The Morgan fingerprint density at radius 2 is 2.33 bits per heavy atom. The molecule has 21 heavy (non-hydrogen) atoms. The standard InChI is InChI=1S/C16H24N4O/c1-3-7-17-11-14-16(19-9-10-21-13(2)12-19)18-15-6-4-5-8-20(14)15/h4-6,8,13,17H,3,7,9-12H2,1-2H3. The summed E-state index contributed by atoms with van der Waals surface area (Å²) in [6.07, 6.45) is 3.50. The van der Waals surface area contributed by atoms with E-state index in [4.69, 9.17) is 9.72 Å². The number of pyridine rings is 1. The Balaban J connectivity index is 1.93. The summed E-state index contributed by atoms with van der Waals surface area (Å²) in [4.78, 5) is 7.19. The van der Waals surface area contributed by atoms with Gasteiger partial charge < -0.3 is 19.4 Å². The third kappa shape index (κ3) is 3.04. The van der Waals surface area contributed by atoms with Crippen molar-refractivity contribution < 1.29 is 4.74 Å². The summed E-state index contributed by atoms with van der Waals surface area (Å²) >= 11 is 0. The van der Waals surface area contributed by atoms with Crippen molar-refractivity contribution >= 4 is 11.5 Å². The Morgan fingerprint density at radius 3 is 3.14 bits per heavy atom. The van der Waals surface area contributed by atoms with Gasteiger partial charge in [0.2, 0.25) is 0 Å². The van der Waals surface area contributed by atoms with Crippen LogP contribution in [0.25, 0.3) is 5.65 Å². The number of nitrogens with one attached hydrogen (secondary N) is 1. The lowest BCUT2D eigenvalue weighted by molar-refractivity contribution is 0.0529. The quantitative estimate of drug-likeness (QED) is 0.855. The van der Waals surface area contributed by atoms with Gasteiger partial charge in [0.1, 0.15) is 5.65 Å². The molecule has 0 radical (unpaired) electrons. The van der Waals surface area contributed by atoms with Crippen molar-refractivity contribution in [1.29, 1.82) is 0 Å². The summed E-state index contributed by atoms with van der Waals surface area (Å²) < 4.78 is 7.84. The fourth-order valence-corrected chi connectivity index (χ4v) is 2.85. The molecule has 0 bridgehead atoms. The molecule has 1 atom stereocenters. The van der Waals surface area contributed by atoms with Crippen molar-refractivity contribution in [2.24, 2.45) is 0 Å². The van der Waals surface area contributed by atoms with E-state index in [1.807, 2.05) is 6.07 Å². The van der Waals surface area contributed by atoms with E-state index in [9.17, 15) is 0 Å². The van der Waals surface area contributed by atoms with Gasteiger partial charge in [0.05, 0.1) is 18.4 Å². The maximum absolute atomic E-state index is 5.65. The van der Waals surface area contributed by atoms with Crippen molar-refractivity contribution in [3.05, 3.63) is 30.1 Å². The molecule has 5 nitrogen and oxygen atoms in total. The van der Waals surface area contributed by atoms with Crippen LogP contribution in [0.5, 0.6) is 0 Å². The number of hydrogen-bond donors (Lipinski definition) is 1. The van der Waals surface area contributed by atoms with E-state index in [0.29, 0.717) is 0 Å². The van der Waals surface area contributed by atoms with E-state index >= 15 is 0 Å². The zero-order valence-electron chi connectivity index (χ0n) is 12.9. The molecule has 1 unspecified atom stereocenters. The molecule has 1 aliphatic rings. The van der Waals surface area contributed by atoms with Crippen LogP contribution < -0.4 is 10.2 Å². The average Bonchev–Trinajstić information content (AvgIpc) is 2.87. The van der Waals surface area contributed by atoms with Crippen molar-refractivity contribution in [3.8, 4) is 0 Å². The van der Waals surface area contributed by atoms with Gasteiger partial charge in [0.25, 0.3) is 0 Å². The van der Waals surface area contributed by atoms with Crippen molar-refractivity contribution in [2.45, 2.75) is 32.9 Å². The third-order valence-electron chi connectivity index (χ3n) is 3.87. The first-order valence-electron chi connectivity index (χ1n) is 7.83. The molecular formula is C16H24N4O. The molecular weight excluding hydrogens is 264 g/mol. The van der Waals surface area contributed by atoms with E-state index in [0.717, 1.165) is 50.7 Å². The lowest BCUT2D eigenvalue weighted by atomic mass is 10.2. The third-order valence-corrected chi connectivity index (χ3v) is 3.87. The number of imidazole rings is 1. The Hall–Kier alpha value is -1.59. The number of morpholine rings is 1. The first-order chi connectivity index (χ1) is 10.3. The molecule has 1 fully saturated rings. The van der Waals surface area contributed by atoms with Crippen molar-refractivity contribution in [2.75, 3.05) is 31.1 Å². The molecule has 1 N–H and O–H groups in total. The highest BCUT2D eigenvalue weighted by atomic mass is 16.5. The zero-order chi connectivity index (χ0) is 14.7. The smallest absolute Gasteiger partial charge is 0.152 e. The van der Waals surface area contributed by atoms with Gasteiger partial charge in [-0.15, -0.1) is 0 Å². The second-order valence-corrected chi connectivity index (χ2v) is 5.62. The fraction of sp³-hybridized carbons (Fsp3) is 0.562. The van der Waals surface area contributed by atoms with Gasteiger partial charge in [-0.25, -0.2) is 4.98 Å². The van der Waals surface area contributed by atoms with Gasteiger partial charge in [-0.2, -0.15) is 0 Å². The maximum atomic E-state index is 5.65. The van der Waals surface area contributed by atoms with Gasteiger partial charge in [-0.1, -0.05) is 13.0 Å². The summed E-state index contributed by atoms with van der Waals surface area (Å²) in [5.41, 5.74) is 2.26.